The summed E-state index contributed by atoms with van der Waals surface area (Å²) in [6.45, 7) is 2.79. The first-order valence-electron chi connectivity index (χ1n) is 8.80. The Hall–Kier alpha value is -2.93. The Balaban J connectivity index is 1.78. The number of nitrogens with two attached hydrogens (primary N) is 1. The summed E-state index contributed by atoms with van der Waals surface area (Å²) in [6.07, 6.45) is -0.0619. The van der Waals surface area contributed by atoms with Gasteiger partial charge in [0, 0.05) is 5.02 Å². The summed E-state index contributed by atoms with van der Waals surface area (Å²) in [5.74, 6) is 0.925. The van der Waals surface area contributed by atoms with Crippen molar-refractivity contribution < 1.29 is 23.8 Å². The average molecular weight is 407 g/mol. The van der Waals surface area contributed by atoms with Crippen molar-refractivity contribution in [3.63, 3.8) is 0 Å². The second-order valence-corrected chi connectivity index (χ2v) is 6.23. The van der Waals surface area contributed by atoms with Crippen LogP contribution in [-0.4, -0.2) is 31.8 Å². The van der Waals surface area contributed by atoms with E-state index in [4.69, 9.17) is 31.5 Å². The van der Waals surface area contributed by atoms with Crippen molar-refractivity contribution in [2.24, 2.45) is 5.73 Å². The van der Waals surface area contributed by atoms with E-state index in [0.29, 0.717) is 22.9 Å². The molecule has 1 unspecified atom stereocenters. The number of ether oxygens (including phenoxy) is 3. The van der Waals surface area contributed by atoms with Crippen LogP contribution in [0.2, 0.25) is 5.02 Å². The van der Waals surface area contributed by atoms with E-state index >= 15 is 0 Å². The third kappa shape index (κ3) is 7.36. The molecule has 0 spiro atoms. The van der Waals surface area contributed by atoms with Gasteiger partial charge in [-0.1, -0.05) is 23.7 Å². The smallest absolute Gasteiger partial charge is 0.312 e. The number of hydrogen-bond acceptors (Lipinski definition) is 5. The number of nitrogens with one attached hydrogen (secondary N) is 1. The van der Waals surface area contributed by atoms with Crippen molar-refractivity contribution in [1.82, 2.24) is 5.32 Å². The van der Waals surface area contributed by atoms with Crippen LogP contribution < -0.4 is 20.5 Å². The van der Waals surface area contributed by atoms with Crippen LogP contribution in [0.1, 0.15) is 24.9 Å². The molecule has 28 heavy (non-hydrogen) atoms. The SMILES string of the molecule is CCOc1ccc(OCCOC(=O)CC(NC(N)=O)c2ccc(Cl)cc2)cc1. The minimum atomic E-state index is -0.730. The zero-order valence-corrected chi connectivity index (χ0v) is 16.3. The number of carbonyl (C=O) groups excluding carboxylic acids is 2. The number of primary amides is 1. The molecule has 0 aliphatic rings. The van der Waals surface area contributed by atoms with Crippen LogP contribution >= 0.6 is 11.6 Å². The lowest BCUT2D eigenvalue weighted by Gasteiger charge is -2.17. The van der Waals surface area contributed by atoms with Crippen LogP contribution in [0.3, 0.4) is 0 Å². The number of halogens is 1. The first kappa shape index (κ1) is 21.4. The van der Waals surface area contributed by atoms with Gasteiger partial charge in [0.25, 0.3) is 0 Å². The lowest BCUT2D eigenvalue weighted by Crippen LogP contribution is -2.34. The fourth-order valence-corrected chi connectivity index (χ4v) is 2.58. The zero-order valence-electron chi connectivity index (χ0n) is 15.5. The summed E-state index contributed by atoms with van der Waals surface area (Å²) < 4.78 is 16.1. The molecule has 0 radical (unpaired) electrons. The van der Waals surface area contributed by atoms with Gasteiger partial charge in [0.1, 0.15) is 24.7 Å². The number of amides is 2. The Labute approximate surface area is 168 Å². The molecule has 0 aromatic heterocycles. The molecule has 3 N–H and O–H groups in total. The lowest BCUT2D eigenvalue weighted by atomic mass is 10.0. The Kier molecular flexibility index (Phi) is 8.42. The molecule has 0 heterocycles. The average Bonchev–Trinajstić information content (AvgIpc) is 2.66. The maximum atomic E-state index is 12.1. The number of carbonyl (C=O) groups is 2. The van der Waals surface area contributed by atoms with E-state index in [9.17, 15) is 9.59 Å². The summed E-state index contributed by atoms with van der Waals surface area (Å²) in [6, 6.07) is 12.6. The van der Waals surface area contributed by atoms with E-state index < -0.39 is 18.0 Å². The molecule has 2 rings (SSSR count). The highest BCUT2D eigenvalue weighted by Crippen LogP contribution is 2.20. The van der Waals surface area contributed by atoms with E-state index in [1.807, 2.05) is 6.92 Å². The van der Waals surface area contributed by atoms with Gasteiger partial charge in [0.05, 0.1) is 19.1 Å². The third-order valence-corrected chi connectivity index (χ3v) is 3.96. The molecular formula is C20H23ClN2O5. The van der Waals surface area contributed by atoms with Crippen LogP contribution in [-0.2, 0) is 9.53 Å². The third-order valence-electron chi connectivity index (χ3n) is 3.71. The number of urea groups is 1. The molecule has 0 bridgehead atoms. The fourth-order valence-electron chi connectivity index (χ4n) is 2.46. The molecule has 0 saturated carbocycles. The minimum absolute atomic E-state index is 0.0619. The molecule has 2 aromatic rings. The summed E-state index contributed by atoms with van der Waals surface area (Å²) in [5, 5.41) is 3.08. The second kappa shape index (κ2) is 11.0. The first-order valence-corrected chi connectivity index (χ1v) is 9.18. The van der Waals surface area contributed by atoms with Gasteiger partial charge >= 0.3 is 12.0 Å². The summed E-state index contributed by atoms with van der Waals surface area (Å²) in [7, 11) is 0. The molecule has 1 atom stereocenters. The van der Waals surface area contributed by atoms with E-state index in [2.05, 4.69) is 5.32 Å². The maximum absolute atomic E-state index is 12.1. The van der Waals surface area contributed by atoms with Crippen molar-refractivity contribution in [3.8, 4) is 11.5 Å². The van der Waals surface area contributed by atoms with Gasteiger partial charge in [-0.2, -0.15) is 0 Å². The molecular weight excluding hydrogens is 384 g/mol. The van der Waals surface area contributed by atoms with E-state index in [1.165, 1.54) is 0 Å². The molecule has 0 aliphatic carbocycles. The molecule has 0 aliphatic heterocycles. The summed E-state index contributed by atoms with van der Waals surface area (Å²) >= 11 is 5.86. The van der Waals surface area contributed by atoms with E-state index in [0.717, 1.165) is 5.75 Å². The van der Waals surface area contributed by atoms with Crippen molar-refractivity contribution in [1.29, 1.82) is 0 Å². The predicted molar refractivity (Wildman–Crippen MR) is 106 cm³/mol. The Bertz CT molecular complexity index is 765. The highest BCUT2D eigenvalue weighted by atomic mass is 35.5. The number of benzene rings is 2. The van der Waals surface area contributed by atoms with Crippen molar-refractivity contribution in [2.75, 3.05) is 19.8 Å². The van der Waals surface area contributed by atoms with Gasteiger partial charge in [0.2, 0.25) is 0 Å². The molecule has 8 heteroatoms. The monoisotopic (exact) mass is 406 g/mol. The molecule has 150 valence electrons. The molecule has 2 amide bonds. The van der Waals surface area contributed by atoms with Gasteiger partial charge < -0.3 is 25.3 Å². The lowest BCUT2D eigenvalue weighted by molar-refractivity contribution is -0.144. The van der Waals surface area contributed by atoms with Gasteiger partial charge in [0.15, 0.2) is 0 Å². The Morgan fingerprint density at radius 3 is 2.18 bits per heavy atom. The van der Waals surface area contributed by atoms with E-state index in [1.54, 1.807) is 48.5 Å². The predicted octanol–water partition coefficient (Wildman–Crippen LogP) is 3.46. The summed E-state index contributed by atoms with van der Waals surface area (Å²) in [4.78, 5) is 23.3. The van der Waals surface area contributed by atoms with Crippen LogP contribution in [0.25, 0.3) is 0 Å². The number of rotatable bonds is 10. The maximum Gasteiger partial charge on any atom is 0.312 e. The largest absolute Gasteiger partial charge is 0.494 e. The zero-order chi connectivity index (χ0) is 20.4. The first-order chi connectivity index (χ1) is 13.5. The number of hydrogen-bond donors (Lipinski definition) is 2. The van der Waals surface area contributed by atoms with Gasteiger partial charge in [-0.3, -0.25) is 4.79 Å². The quantitative estimate of drug-likeness (QED) is 0.465. The normalized spacial score (nSPS) is 11.4. The number of esters is 1. The van der Waals surface area contributed by atoms with E-state index in [-0.39, 0.29) is 19.6 Å². The van der Waals surface area contributed by atoms with Crippen molar-refractivity contribution in [2.45, 2.75) is 19.4 Å². The Morgan fingerprint density at radius 1 is 1.00 bits per heavy atom. The topological polar surface area (TPSA) is 99.9 Å². The van der Waals surface area contributed by atoms with Crippen LogP contribution in [0, 0.1) is 0 Å². The second-order valence-electron chi connectivity index (χ2n) is 5.79. The summed E-state index contributed by atoms with van der Waals surface area (Å²) in [5.41, 5.74) is 5.89. The minimum Gasteiger partial charge on any atom is -0.494 e. The van der Waals surface area contributed by atoms with Gasteiger partial charge in [-0.15, -0.1) is 0 Å². The van der Waals surface area contributed by atoms with Crippen molar-refractivity contribution in [3.05, 3.63) is 59.1 Å². The van der Waals surface area contributed by atoms with Crippen LogP contribution in [0.5, 0.6) is 11.5 Å². The molecule has 0 fully saturated rings. The fraction of sp³-hybridized carbons (Fsp3) is 0.300. The van der Waals surface area contributed by atoms with Crippen LogP contribution in [0.15, 0.2) is 48.5 Å². The Morgan fingerprint density at radius 2 is 1.61 bits per heavy atom. The van der Waals surface area contributed by atoms with Crippen molar-refractivity contribution >= 4 is 23.6 Å². The van der Waals surface area contributed by atoms with Gasteiger partial charge in [-0.05, 0) is 48.9 Å². The van der Waals surface area contributed by atoms with Gasteiger partial charge in [-0.25, -0.2) is 4.79 Å². The molecule has 7 nitrogen and oxygen atoms in total. The molecule has 0 saturated heterocycles. The standard InChI is InChI=1S/C20H23ClN2O5/c1-2-26-16-7-9-17(10-8-16)27-11-12-28-19(24)13-18(23-20(22)25)14-3-5-15(21)6-4-14/h3-10,18H,2,11-13H2,1H3,(H3,22,23,25). The van der Waals surface area contributed by atoms with Crippen LogP contribution in [0.4, 0.5) is 4.79 Å². The molecule has 2 aromatic carbocycles. The highest BCUT2D eigenvalue weighted by molar-refractivity contribution is 6.30. The highest BCUT2D eigenvalue weighted by Gasteiger charge is 2.18.